The third-order valence-electron chi connectivity index (χ3n) is 10.5. The van der Waals surface area contributed by atoms with Gasteiger partial charge in [0.2, 0.25) is 0 Å². The fraction of sp³-hybridized carbons (Fsp3) is 0.684. The summed E-state index contributed by atoms with van der Waals surface area (Å²) in [7, 11) is 0.263. The fourth-order valence-corrected chi connectivity index (χ4v) is 9.30. The van der Waals surface area contributed by atoms with Crippen molar-refractivity contribution < 1.29 is 44.6 Å². The molecule has 274 valence electrons. The molecule has 3 rings (SSSR count). The van der Waals surface area contributed by atoms with E-state index >= 15 is 0 Å². The van der Waals surface area contributed by atoms with Crippen LogP contribution < -0.4 is 22.0 Å². The van der Waals surface area contributed by atoms with Crippen LogP contribution in [-0.4, -0.2) is 103 Å². The third kappa shape index (κ3) is 10.8. The van der Waals surface area contributed by atoms with E-state index in [9.17, 15) is 13.5 Å². The maximum Gasteiger partial charge on any atom is 0.179 e. The Morgan fingerprint density at radius 2 is 1.40 bits per heavy atom. The zero-order valence-electron chi connectivity index (χ0n) is 30.7. The zero-order chi connectivity index (χ0) is 34.5. The number of sulfone groups is 1. The van der Waals surface area contributed by atoms with E-state index in [1.807, 2.05) is 55.4 Å². The Bertz CT molecular complexity index is 1300. The smallest absolute Gasteiger partial charge is 0.179 e. The molecule has 0 spiro atoms. The number of ether oxygens (including phenoxy) is 3. The van der Waals surface area contributed by atoms with Crippen molar-refractivity contribution in [2.75, 3.05) is 84.0 Å². The second-order valence-electron chi connectivity index (χ2n) is 13.5. The first-order valence-corrected chi connectivity index (χ1v) is 19.6. The van der Waals surface area contributed by atoms with E-state index in [1.54, 1.807) is 6.07 Å². The van der Waals surface area contributed by atoms with Crippen LogP contribution in [0.25, 0.3) is 0 Å². The van der Waals surface area contributed by atoms with Gasteiger partial charge in [-0.05, 0) is 75.1 Å². The molecule has 10 heteroatoms. The van der Waals surface area contributed by atoms with Crippen LogP contribution in [0.3, 0.4) is 0 Å². The molecule has 1 aliphatic heterocycles. The van der Waals surface area contributed by atoms with Crippen LogP contribution >= 0.6 is 0 Å². The molecular weight excluding hydrogens is 648 g/mol. The minimum absolute atomic E-state index is 0. The van der Waals surface area contributed by atoms with E-state index in [2.05, 4.69) is 34.6 Å². The van der Waals surface area contributed by atoms with Crippen molar-refractivity contribution in [1.82, 2.24) is 0 Å². The predicted octanol–water partition coefficient (Wildman–Crippen LogP) is 3.69. The first-order valence-electron chi connectivity index (χ1n) is 18.0. The Morgan fingerprint density at radius 3 is 1.94 bits per heavy atom. The van der Waals surface area contributed by atoms with Crippen LogP contribution in [0, 0.1) is 5.41 Å². The average Bonchev–Trinajstić information content (AvgIpc) is 3.14. The van der Waals surface area contributed by atoms with Crippen LogP contribution in [0.2, 0.25) is 0 Å². The summed E-state index contributed by atoms with van der Waals surface area (Å²) >= 11 is 0. The number of hydrogen-bond donors (Lipinski definition) is 1. The van der Waals surface area contributed by atoms with Gasteiger partial charge in [-0.3, -0.25) is 0 Å². The lowest BCUT2D eigenvalue weighted by molar-refractivity contribution is -0.923. The van der Waals surface area contributed by atoms with Crippen molar-refractivity contribution in [2.45, 2.75) is 90.1 Å². The SMILES string of the molecule is CCCCC1(CCCC)CS(=O)(=O)c2ccc(N(C)C)cc2[C@@H](c2ccc(OCCOCCOCC[N+](CC)(CC)CC)cc2)[C@H]1O.[Cl-]. The Labute approximate surface area is 298 Å². The normalized spacial score (nSPS) is 18.4. The second-order valence-corrected chi connectivity index (χ2v) is 15.5. The van der Waals surface area contributed by atoms with Crippen molar-refractivity contribution in [2.24, 2.45) is 5.41 Å². The monoisotopic (exact) mass is 710 g/mol. The highest BCUT2D eigenvalue weighted by atomic mass is 35.5. The molecule has 0 saturated carbocycles. The molecule has 0 unspecified atom stereocenters. The molecule has 0 fully saturated rings. The molecule has 0 aliphatic carbocycles. The van der Waals surface area contributed by atoms with Crippen molar-refractivity contribution in [3.05, 3.63) is 53.6 Å². The van der Waals surface area contributed by atoms with Crippen LogP contribution in [-0.2, 0) is 19.3 Å². The van der Waals surface area contributed by atoms with Crippen LogP contribution in [0.4, 0.5) is 5.69 Å². The molecule has 8 nitrogen and oxygen atoms in total. The number of aliphatic hydroxyl groups is 1. The number of halogens is 1. The number of nitrogens with zero attached hydrogens (tertiary/aromatic N) is 2. The van der Waals surface area contributed by atoms with Gasteiger partial charge in [-0.25, -0.2) is 8.42 Å². The maximum absolute atomic E-state index is 14.0. The number of aliphatic hydroxyl groups excluding tert-OH is 1. The minimum atomic E-state index is -3.63. The average molecular weight is 711 g/mol. The summed E-state index contributed by atoms with van der Waals surface area (Å²) in [5.41, 5.74) is 1.74. The Hall–Kier alpha value is -1.88. The number of unbranched alkanes of at least 4 members (excludes halogenated alkanes) is 2. The van der Waals surface area contributed by atoms with Gasteiger partial charge in [0, 0.05) is 31.1 Å². The number of likely N-dealkylation sites (N-methyl/N-ethyl adjacent to an activating group) is 1. The summed E-state index contributed by atoms with van der Waals surface area (Å²) in [6, 6.07) is 13.4. The molecule has 1 aliphatic rings. The van der Waals surface area contributed by atoms with Gasteiger partial charge < -0.3 is 41.1 Å². The first kappa shape index (κ1) is 42.3. The van der Waals surface area contributed by atoms with Crippen molar-refractivity contribution in [3.63, 3.8) is 0 Å². The van der Waals surface area contributed by atoms with Gasteiger partial charge in [-0.1, -0.05) is 51.7 Å². The zero-order valence-corrected chi connectivity index (χ0v) is 32.3. The molecule has 0 bridgehead atoms. The molecule has 2 aromatic carbocycles. The van der Waals surface area contributed by atoms with Gasteiger partial charge in [0.1, 0.15) is 18.9 Å². The van der Waals surface area contributed by atoms with Crippen molar-refractivity contribution in [3.8, 4) is 5.75 Å². The summed E-state index contributed by atoms with van der Waals surface area (Å²) in [5.74, 6) is 0.195. The number of fused-ring (bicyclic) bond motifs is 1. The lowest BCUT2D eigenvalue weighted by Gasteiger charge is -2.40. The van der Waals surface area contributed by atoms with E-state index in [0.717, 1.165) is 74.2 Å². The van der Waals surface area contributed by atoms with Gasteiger partial charge >= 0.3 is 0 Å². The highest BCUT2D eigenvalue weighted by Crippen LogP contribution is 2.50. The lowest BCUT2D eigenvalue weighted by atomic mass is 9.68. The maximum atomic E-state index is 14.0. The molecule has 48 heavy (non-hydrogen) atoms. The molecule has 2 aromatic rings. The van der Waals surface area contributed by atoms with Crippen LogP contribution in [0.15, 0.2) is 47.4 Å². The molecule has 1 N–H and O–H groups in total. The van der Waals surface area contributed by atoms with Crippen LogP contribution in [0.1, 0.15) is 90.2 Å². The van der Waals surface area contributed by atoms with E-state index in [0.29, 0.717) is 55.5 Å². The van der Waals surface area contributed by atoms with E-state index in [-0.39, 0.29) is 18.2 Å². The van der Waals surface area contributed by atoms with E-state index in [1.165, 1.54) is 0 Å². The van der Waals surface area contributed by atoms with Crippen LogP contribution in [0.5, 0.6) is 5.75 Å². The summed E-state index contributed by atoms with van der Waals surface area (Å²) in [6.45, 7) is 18.1. The Morgan fingerprint density at radius 1 is 0.833 bits per heavy atom. The van der Waals surface area contributed by atoms with Gasteiger partial charge in [-0.2, -0.15) is 0 Å². The lowest BCUT2D eigenvalue weighted by Crippen LogP contribution is -3.00. The number of anilines is 1. The van der Waals surface area contributed by atoms with Gasteiger partial charge in [0.05, 0.1) is 62.8 Å². The predicted molar refractivity (Wildman–Crippen MR) is 192 cm³/mol. The number of benzene rings is 2. The molecule has 0 radical (unpaired) electrons. The standard InChI is InChI=1S/C38H63N2O6S.ClH/c1-8-13-21-38(22-14-9-2)30-47(42,43)35-20-17-32(39(6)7)29-34(35)36(37(38)41)31-15-18-33(19-16-31)46-28-27-45-26-25-44-24-23-40(10-3,11-4)12-5;/h15-20,29,36-37,41H,8-14,21-28,30H2,1-7H3;1H/q+1;/p-1/t36-,37-;/m1./s1. The molecular formula is C38H63ClN2O6S. The number of quaternary nitrogens is 1. The van der Waals surface area contributed by atoms with Gasteiger partial charge in [0.15, 0.2) is 9.84 Å². The Balaban J connectivity index is 0.00000800. The highest BCUT2D eigenvalue weighted by Gasteiger charge is 2.49. The Kier molecular flexibility index (Phi) is 17.7. The molecule has 0 aromatic heterocycles. The highest BCUT2D eigenvalue weighted by molar-refractivity contribution is 7.91. The summed E-state index contributed by atoms with van der Waals surface area (Å²) in [6.07, 6.45) is 4.15. The van der Waals surface area contributed by atoms with E-state index in [4.69, 9.17) is 14.2 Å². The summed E-state index contributed by atoms with van der Waals surface area (Å²) in [4.78, 5) is 2.31. The summed E-state index contributed by atoms with van der Waals surface area (Å²) < 4.78 is 46.7. The molecule has 0 saturated heterocycles. The van der Waals surface area contributed by atoms with Gasteiger partial charge in [0.25, 0.3) is 0 Å². The fourth-order valence-electron chi connectivity index (χ4n) is 7.11. The largest absolute Gasteiger partial charge is 1.00 e. The first-order chi connectivity index (χ1) is 22.5. The van der Waals surface area contributed by atoms with Crippen molar-refractivity contribution in [1.29, 1.82) is 0 Å². The molecule has 0 amide bonds. The minimum Gasteiger partial charge on any atom is -1.00 e. The number of rotatable bonds is 21. The van der Waals surface area contributed by atoms with Crippen molar-refractivity contribution >= 4 is 15.5 Å². The van der Waals surface area contributed by atoms with E-state index < -0.39 is 27.3 Å². The van der Waals surface area contributed by atoms with Gasteiger partial charge in [-0.15, -0.1) is 0 Å². The molecule has 2 atom stereocenters. The molecule has 1 heterocycles. The summed E-state index contributed by atoms with van der Waals surface area (Å²) in [5, 5.41) is 12.4. The number of hydrogen-bond acceptors (Lipinski definition) is 7. The quantitative estimate of drug-likeness (QED) is 0.156. The second kappa shape index (κ2) is 20.1. The third-order valence-corrected chi connectivity index (χ3v) is 12.5. The topological polar surface area (TPSA) is 85.3 Å².